The van der Waals surface area contributed by atoms with Gasteiger partial charge in [0.2, 0.25) is 0 Å². The van der Waals surface area contributed by atoms with Crippen LogP contribution in [-0.4, -0.2) is 43.3 Å². The summed E-state index contributed by atoms with van der Waals surface area (Å²) in [4.78, 5) is 0. The van der Waals surface area contributed by atoms with E-state index in [1.54, 1.807) is 0 Å². The summed E-state index contributed by atoms with van der Waals surface area (Å²) in [6.07, 6.45) is 0.998. The maximum Gasteiger partial charge on any atom is 1.00 e. The van der Waals surface area contributed by atoms with Crippen molar-refractivity contribution in [3.05, 3.63) is 0 Å². The minimum absolute atomic E-state index is 0. The SMILES string of the molecule is CCNC(CC)[SiH2]C(O)O.[K+].[OH-]. The molecule has 0 aliphatic rings. The van der Waals surface area contributed by atoms with Crippen LogP contribution >= 0.6 is 0 Å². The minimum Gasteiger partial charge on any atom is -0.870 e. The van der Waals surface area contributed by atoms with Gasteiger partial charge in [0.15, 0.2) is 0 Å². The molecule has 0 bridgehead atoms. The van der Waals surface area contributed by atoms with Gasteiger partial charge in [-0.15, -0.1) is 0 Å². The summed E-state index contributed by atoms with van der Waals surface area (Å²) >= 11 is 0. The summed E-state index contributed by atoms with van der Waals surface area (Å²) in [6, 6.07) is 0. The Morgan fingerprint density at radius 3 is 2.08 bits per heavy atom. The molecule has 0 rings (SSSR count). The molecule has 0 amide bonds. The van der Waals surface area contributed by atoms with E-state index in [2.05, 4.69) is 12.2 Å². The van der Waals surface area contributed by atoms with Crippen LogP contribution in [0.5, 0.6) is 0 Å². The Morgan fingerprint density at radius 2 is 1.83 bits per heavy atom. The van der Waals surface area contributed by atoms with Crippen molar-refractivity contribution in [3.63, 3.8) is 0 Å². The van der Waals surface area contributed by atoms with E-state index in [1.807, 2.05) is 6.92 Å². The molecule has 0 radical (unpaired) electrons. The van der Waals surface area contributed by atoms with Crippen molar-refractivity contribution < 1.29 is 67.1 Å². The average Bonchev–Trinajstić information content (AvgIpc) is 1.86. The predicted octanol–water partition coefficient (Wildman–Crippen LogP) is -4.40. The smallest absolute Gasteiger partial charge is 0.870 e. The molecule has 0 fully saturated rings. The van der Waals surface area contributed by atoms with Gasteiger partial charge in [0.25, 0.3) is 0 Å². The van der Waals surface area contributed by atoms with Gasteiger partial charge in [0.1, 0.15) is 15.4 Å². The molecule has 0 aromatic rings. The number of aliphatic hydroxyl groups is 2. The van der Waals surface area contributed by atoms with Crippen LogP contribution in [0.25, 0.3) is 0 Å². The Bertz CT molecular complexity index is 87.2. The second-order valence-electron chi connectivity index (χ2n) is 2.38. The van der Waals surface area contributed by atoms with Crippen molar-refractivity contribution in [2.45, 2.75) is 31.8 Å². The van der Waals surface area contributed by atoms with Crippen molar-refractivity contribution in [2.24, 2.45) is 0 Å². The van der Waals surface area contributed by atoms with Gasteiger partial charge < -0.3 is 21.0 Å². The van der Waals surface area contributed by atoms with Crippen LogP contribution in [0.1, 0.15) is 20.3 Å². The van der Waals surface area contributed by atoms with Crippen LogP contribution in [0.15, 0.2) is 0 Å². The number of rotatable bonds is 5. The molecule has 0 spiro atoms. The fourth-order valence-electron chi connectivity index (χ4n) is 0.937. The van der Waals surface area contributed by atoms with E-state index in [1.165, 1.54) is 0 Å². The molecule has 1 atom stereocenters. The largest absolute Gasteiger partial charge is 1.00 e. The topological polar surface area (TPSA) is 82.5 Å². The summed E-state index contributed by atoms with van der Waals surface area (Å²) in [7, 11) is -0.751. The van der Waals surface area contributed by atoms with Crippen LogP contribution in [-0.2, 0) is 0 Å². The molecule has 12 heavy (non-hydrogen) atoms. The first-order valence-electron chi connectivity index (χ1n) is 3.80. The summed E-state index contributed by atoms with van der Waals surface area (Å²) < 4.78 is 0. The fourth-order valence-corrected chi connectivity index (χ4v) is 2.24. The molecule has 0 aliphatic heterocycles. The van der Waals surface area contributed by atoms with E-state index in [0.717, 1.165) is 13.0 Å². The average molecular weight is 219 g/mol. The van der Waals surface area contributed by atoms with E-state index in [9.17, 15) is 0 Å². The molecule has 4 N–H and O–H groups in total. The van der Waals surface area contributed by atoms with Crippen LogP contribution in [0, 0.1) is 0 Å². The zero-order chi connectivity index (χ0) is 7.98. The fraction of sp³-hybridized carbons (Fsp3) is 1.00. The molecule has 70 valence electrons. The van der Waals surface area contributed by atoms with Crippen LogP contribution in [0.4, 0.5) is 0 Å². The zero-order valence-corrected chi connectivity index (χ0v) is 12.7. The number of hydrogen-bond donors (Lipinski definition) is 3. The Labute approximate surface area is 119 Å². The van der Waals surface area contributed by atoms with Gasteiger partial charge >= 0.3 is 51.4 Å². The monoisotopic (exact) mass is 219 g/mol. The van der Waals surface area contributed by atoms with Gasteiger partial charge in [0.05, 0.1) is 0 Å². The number of hydrogen-bond acceptors (Lipinski definition) is 4. The van der Waals surface area contributed by atoms with Crippen molar-refractivity contribution in [2.75, 3.05) is 6.54 Å². The molecule has 4 nitrogen and oxygen atoms in total. The van der Waals surface area contributed by atoms with Gasteiger partial charge in [-0.25, -0.2) is 0 Å². The third-order valence-corrected chi connectivity index (χ3v) is 3.34. The maximum absolute atomic E-state index is 8.66. The molecule has 0 saturated heterocycles. The number of aliphatic hydroxyl groups excluding tert-OH is 1. The molecule has 0 aromatic carbocycles. The molecule has 0 saturated carbocycles. The zero-order valence-electron chi connectivity index (χ0n) is 8.12. The van der Waals surface area contributed by atoms with Gasteiger partial charge in [0, 0.05) is 0 Å². The van der Waals surface area contributed by atoms with Gasteiger partial charge in [-0.2, -0.15) is 0 Å². The van der Waals surface area contributed by atoms with Gasteiger partial charge in [-0.1, -0.05) is 13.8 Å². The molecular formula is C6H18KNO3Si. The van der Waals surface area contributed by atoms with Gasteiger partial charge in [-0.3, -0.25) is 0 Å². The minimum atomic E-state index is -1.04. The first-order chi connectivity index (χ1) is 4.70. The van der Waals surface area contributed by atoms with E-state index in [4.69, 9.17) is 10.2 Å². The maximum atomic E-state index is 8.66. The molecule has 0 aromatic heterocycles. The Hall–Kier alpha value is 1.69. The quantitative estimate of drug-likeness (QED) is 0.322. The van der Waals surface area contributed by atoms with Crippen molar-refractivity contribution >= 4 is 9.52 Å². The van der Waals surface area contributed by atoms with Gasteiger partial charge in [-0.05, 0) is 18.6 Å². The van der Waals surface area contributed by atoms with Crippen molar-refractivity contribution in [3.8, 4) is 0 Å². The molecule has 0 aliphatic carbocycles. The summed E-state index contributed by atoms with van der Waals surface area (Å²) in [6.45, 7) is 5.00. The standard InChI is InChI=1S/C6H17NO2Si.K.H2O/c1-3-5(7-4-2)10-6(8)9;;/h5-9H,3-4,10H2,1-2H3;;1H2/q;+1;/p-1. The Kier molecular flexibility index (Phi) is 20.4. The van der Waals surface area contributed by atoms with Crippen LogP contribution < -0.4 is 56.7 Å². The molecule has 0 heterocycles. The third-order valence-electron chi connectivity index (χ3n) is 1.48. The van der Waals surface area contributed by atoms with E-state index in [0.29, 0.717) is 5.67 Å². The summed E-state index contributed by atoms with van der Waals surface area (Å²) in [5.74, 6) is -1.04. The van der Waals surface area contributed by atoms with Crippen molar-refractivity contribution in [1.82, 2.24) is 5.32 Å². The van der Waals surface area contributed by atoms with E-state index < -0.39 is 15.4 Å². The first-order valence-corrected chi connectivity index (χ1v) is 5.43. The molecular weight excluding hydrogens is 201 g/mol. The second kappa shape index (κ2) is 12.7. The summed E-state index contributed by atoms with van der Waals surface area (Å²) in [5, 5.41) is 20.5. The van der Waals surface area contributed by atoms with E-state index in [-0.39, 0.29) is 56.9 Å². The van der Waals surface area contributed by atoms with E-state index >= 15 is 0 Å². The Balaban J connectivity index is -0.000000405. The second-order valence-corrected chi connectivity index (χ2v) is 4.57. The summed E-state index contributed by atoms with van der Waals surface area (Å²) in [5.41, 5.74) is 0.380. The molecule has 6 heteroatoms. The Morgan fingerprint density at radius 1 is 1.33 bits per heavy atom. The first kappa shape index (κ1) is 19.3. The normalized spacial score (nSPS) is 12.8. The number of nitrogens with one attached hydrogen (secondary N) is 1. The predicted molar refractivity (Wildman–Crippen MR) is 46.5 cm³/mol. The molecule has 1 unspecified atom stereocenters. The van der Waals surface area contributed by atoms with Crippen molar-refractivity contribution in [1.29, 1.82) is 0 Å². The van der Waals surface area contributed by atoms with Crippen LogP contribution in [0.3, 0.4) is 0 Å². The third kappa shape index (κ3) is 11.7. The van der Waals surface area contributed by atoms with Crippen LogP contribution in [0.2, 0.25) is 0 Å².